The fraction of sp³-hybridized carbons (Fsp3) is 0.195. The van der Waals surface area contributed by atoms with E-state index in [0.29, 0.717) is 11.5 Å². The summed E-state index contributed by atoms with van der Waals surface area (Å²) < 4.78 is 8.13. The third-order valence-corrected chi connectivity index (χ3v) is 8.34. The van der Waals surface area contributed by atoms with Gasteiger partial charge in [0.1, 0.15) is 5.82 Å². The first-order valence-corrected chi connectivity index (χ1v) is 15.9. The molecule has 0 amide bonds. The van der Waals surface area contributed by atoms with Crippen molar-refractivity contribution in [3.8, 4) is 28.3 Å². The van der Waals surface area contributed by atoms with Crippen LogP contribution in [0.5, 0.6) is 11.5 Å². The van der Waals surface area contributed by atoms with Gasteiger partial charge in [-0.3, -0.25) is 4.68 Å². The van der Waals surface area contributed by atoms with Gasteiger partial charge in [0, 0.05) is 56.2 Å². The standard InChI is InChI=1S/C41H38N5O.Pt/c1-40(2,3)31-20-21-37(36(23-31)41(4,5)6)45-28-44(38-19-12-22-42-39(38)45)32-15-10-17-34(24-32)47-35-18-11-16-33(25-35)46-27-30(26-43-46)29-13-8-7-9-14-29;/h7-23,26-28H,1-6H3;/q-3;. The Hall–Kier alpha value is -4.67. The monoisotopic (exact) mass is 811 g/mol. The minimum atomic E-state index is -0.0724. The molecule has 6 aromatic rings. The summed E-state index contributed by atoms with van der Waals surface area (Å²) in [5, 5.41) is 4.57. The van der Waals surface area contributed by atoms with Crippen molar-refractivity contribution >= 4 is 22.9 Å². The molecule has 48 heavy (non-hydrogen) atoms. The summed E-state index contributed by atoms with van der Waals surface area (Å²) in [6.07, 6.45) is 5.71. The zero-order valence-electron chi connectivity index (χ0n) is 28.0. The molecule has 0 atom stereocenters. The van der Waals surface area contributed by atoms with E-state index in [-0.39, 0.29) is 31.9 Å². The number of nitrogens with zero attached hydrogens (tertiary/aromatic N) is 5. The van der Waals surface area contributed by atoms with Crippen LogP contribution in [0.3, 0.4) is 0 Å². The Bertz CT molecular complexity index is 2040. The molecule has 0 radical (unpaired) electrons. The maximum Gasteiger partial charge on any atom is 0.126 e. The molecule has 7 heteroatoms. The molecule has 6 nitrogen and oxygen atoms in total. The molecule has 0 aliphatic carbocycles. The van der Waals surface area contributed by atoms with Gasteiger partial charge < -0.3 is 14.5 Å². The first-order chi connectivity index (χ1) is 22.5. The Balaban J connectivity index is 0.00000401. The fourth-order valence-electron chi connectivity index (χ4n) is 5.79. The number of hydrogen-bond donors (Lipinski definition) is 0. The molecule has 0 unspecified atom stereocenters. The van der Waals surface area contributed by atoms with Crippen LogP contribution >= 0.6 is 0 Å². The maximum absolute atomic E-state index is 6.32. The van der Waals surface area contributed by atoms with Crippen LogP contribution in [0.2, 0.25) is 0 Å². The van der Waals surface area contributed by atoms with Crippen LogP contribution in [0, 0.1) is 18.8 Å². The van der Waals surface area contributed by atoms with Gasteiger partial charge in [-0.2, -0.15) is 17.2 Å². The van der Waals surface area contributed by atoms with Crippen molar-refractivity contribution < 1.29 is 25.8 Å². The van der Waals surface area contributed by atoms with E-state index in [1.54, 1.807) is 0 Å². The summed E-state index contributed by atoms with van der Waals surface area (Å²) in [5.41, 5.74) is 8.43. The minimum absolute atomic E-state index is 0. The summed E-state index contributed by atoms with van der Waals surface area (Å²) in [5.74, 6) is 2.04. The number of benzene rings is 4. The van der Waals surface area contributed by atoms with Gasteiger partial charge in [-0.25, -0.2) is 4.98 Å². The number of fused-ring (bicyclic) bond motifs is 1. The molecule has 3 heterocycles. The van der Waals surface area contributed by atoms with Crippen LogP contribution in [-0.4, -0.2) is 14.8 Å². The summed E-state index contributed by atoms with van der Waals surface area (Å²) >= 11 is 0. The van der Waals surface area contributed by atoms with Crippen molar-refractivity contribution in [2.24, 2.45) is 0 Å². The number of rotatable bonds is 6. The first-order valence-electron chi connectivity index (χ1n) is 15.9. The molecule has 0 saturated carbocycles. The summed E-state index contributed by atoms with van der Waals surface area (Å²) in [7, 11) is 0. The van der Waals surface area contributed by atoms with Crippen molar-refractivity contribution in [2.45, 2.75) is 52.4 Å². The zero-order chi connectivity index (χ0) is 32.8. The Labute approximate surface area is 298 Å². The van der Waals surface area contributed by atoms with Crippen molar-refractivity contribution in [1.82, 2.24) is 14.8 Å². The second kappa shape index (κ2) is 13.1. The quantitative estimate of drug-likeness (QED) is 0.157. The molecular formula is C41H38N5OPt-3. The molecule has 246 valence electrons. The molecule has 0 fully saturated rings. The molecule has 0 bridgehead atoms. The molecule has 0 N–H and O–H groups in total. The average molecular weight is 812 g/mol. The topological polar surface area (TPSA) is 46.4 Å². The Morgan fingerprint density at radius 2 is 1.38 bits per heavy atom. The Kier molecular flexibility index (Phi) is 9.06. The summed E-state index contributed by atoms with van der Waals surface area (Å²) in [6.45, 7) is 15.7. The smallest absolute Gasteiger partial charge is 0.126 e. The number of ether oxygens (including phenoxy) is 1. The van der Waals surface area contributed by atoms with Crippen molar-refractivity contribution in [1.29, 1.82) is 0 Å². The third-order valence-electron chi connectivity index (χ3n) is 8.34. The van der Waals surface area contributed by atoms with Crippen LogP contribution in [0.4, 0.5) is 22.9 Å². The van der Waals surface area contributed by atoms with Crippen LogP contribution in [-0.2, 0) is 31.9 Å². The molecule has 4 aromatic carbocycles. The zero-order valence-corrected chi connectivity index (χ0v) is 30.3. The molecule has 1 aliphatic rings. The van der Waals surface area contributed by atoms with Crippen LogP contribution < -0.4 is 14.5 Å². The van der Waals surface area contributed by atoms with Crippen LogP contribution in [0.15, 0.2) is 116 Å². The molecule has 1 aliphatic heterocycles. The van der Waals surface area contributed by atoms with Gasteiger partial charge in [0.05, 0.1) is 11.9 Å². The van der Waals surface area contributed by atoms with Crippen molar-refractivity contribution in [2.75, 3.05) is 9.80 Å². The van der Waals surface area contributed by atoms with Gasteiger partial charge in [0.25, 0.3) is 0 Å². The second-order valence-corrected chi connectivity index (χ2v) is 13.9. The molecular weight excluding hydrogens is 774 g/mol. The minimum Gasteiger partial charge on any atom is -0.509 e. The number of hydrogen-bond acceptors (Lipinski definition) is 5. The van der Waals surface area contributed by atoms with Gasteiger partial charge >= 0.3 is 0 Å². The van der Waals surface area contributed by atoms with E-state index in [0.717, 1.165) is 39.7 Å². The summed E-state index contributed by atoms with van der Waals surface area (Å²) in [6, 6.07) is 39.7. The van der Waals surface area contributed by atoms with Gasteiger partial charge in [-0.1, -0.05) is 84.0 Å². The summed E-state index contributed by atoms with van der Waals surface area (Å²) in [4.78, 5) is 9.14. The molecule has 0 saturated heterocycles. The average Bonchev–Trinajstić information content (AvgIpc) is 3.71. The molecule has 7 rings (SSSR count). The Morgan fingerprint density at radius 1 is 0.667 bits per heavy atom. The predicted octanol–water partition coefficient (Wildman–Crippen LogP) is 10.3. The number of aromatic nitrogens is 3. The molecule has 0 spiro atoms. The molecule has 2 aromatic heterocycles. The van der Waals surface area contributed by atoms with Gasteiger partial charge in [0.15, 0.2) is 0 Å². The predicted molar refractivity (Wildman–Crippen MR) is 190 cm³/mol. The van der Waals surface area contributed by atoms with Crippen molar-refractivity contribution in [3.63, 3.8) is 0 Å². The van der Waals surface area contributed by atoms with E-state index < -0.39 is 0 Å². The van der Waals surface area contributed by atoms with E-state index >= 15 is 0 Å². The third kappa shape index (κ3) is 6.68. The largest absolute Gasteiger partial charge is 0.509 e. The van der Waals surface area contributed by atoms with E-state index in [1.165, 1.54) is 11.1 Å². The van der Waals surface area contributed by atoms with E-state index in [2.05, 4.69) is 112 Å². The number of anilines is 4. The number of pyridine rings is 1. The van der Waals surface area contributed by atoms with E-state index in [1.807, 2.05) is 83.9 Å². The second-order valence-electron chi connectivity index (χ2n) is 13.9. The van der Waals surface area contributed by atoms with Crippen LogP contribution in [0.25, 0.3) is 16.8 Å². The normalized spacial score (nSPS) is 12.9. The first kappa shape index (κ1) is 33.2. The van der Waals surface area contributed by atoms with Crippen molar-refractivity contribution in [3.05, 3.63) is 146 Å². The Morgan fingerprint density at radius 3 is 2.08 bits per heavy atom. The van der Waals surface area contributed by atoms with E-state index in [4.69, 9.17) is 9.72 Å². The SMILES string of the molecule is CC(C)(C)c1ccc(N2[CH-]N(c3[c-]c(Oc4[c-]c(-n5cc(-c6ccccc6)cn5)ccc4)ccc3)c3cccnc32)c(C(C)(C)C)c1.[Pt]. The van der Waals surface area contributed by atoms with Gasteiger partial charge in [0.2, 0.25) is 0 Å². The maximum atomic E-state index is 6.32. The van der Waals surface area contributed by atoms with E-state index in [9.17, 15) is 0 Å². The fourth-order valence-corrected chi connectivity index (χ4v) is 5.79. The van der Waals surface area contributed by atoms with Gasteiger partial charge in [-0.15, -0.1) is 48.8 Å². The van der Waals surface area contributed by atoms with Gasteiger partial charge in [-0.05, 0) is 51.4 Å². The van der Waals surface area contributed by atoms with Crippen LogP contribution in [0.1, 0.15) is 52.7 Å².